The van der Waals surface area contributed by atoms with E-state index in [1.165, 1.54) is 37.1 Å². The predicted molar refractivity (Wildman–Crippen MR) is 124 cm³/mol. The van der Waals surface area contributed by atoms with Crippen LogP contribution in [-0.2, 0) is 19.3 Å². The van der Waals surface area contributed by atoms with Crippen molar-refractivity contribution in [3.63, 3.8) is 0 Å². The minimum absolute atomic E-state index is 0.0296. The van der Waals surface area contributed by atoms with Crippen molar-refractivity contribution in [1.82, 2.24) is 9.29 Å². The molecule has 0 atom stereocenters. The lowest BCUT2D eigenvalue weighted by Gasteiger charge is -2.20. The Kier molecular flexibility index (Phi) is 5.87. The normalized spacial score (nSPS) is 16.0. The average Bonchev–Trinajstić information content (AvgIpc) is 3.33. The molecule has 0 amide bonds. The van der Waals surface area contributed by atoms with Crippen LogP contribution in [0.25, 0.3) is 22.0 Å². The molecule has 7 heteroatoms. The summed E-state index contributed by atoms with van der Waals surface area (Å²) < 4.78 is 61.7. The summed E-state index contributed by atoms with van der Waals surface area (Å²) in [6.45, 7) is 9.74. The van der Waals surface area contributed by atoms with Crippen molar-refractivity contribution in [2.75, 3.05) is 0 Å². The van der Waals surface area contributed by atoms with E-state index in [0.717, 1.165) is 22.5 Å². The Morgan fingerprint density at radius 3 is 2.38 bits per heavy atom. The Morgan fingerprint density at radius 2 is 1.75 bits per heavy atom. The number of aromatic nitrogens is 1. The maximum atomic E-state index is 15.2. The number of fused-ring (bicyclic) bond motifs is 1. The number of hydrogen-bond acceptors (Lipinski definition) is 2. The quantitative estimate of drug-likeness (QED) is 0.296. The van der Waals surface area contributed by atoms with E-state index in [0.29, 0.717) is 13.1 Å². The van der Waals surface area contributed by atoms with Crippen LogP contribution in [0.15, 0.2) is 42.6 Å². The Bertz CT molecular complexity index is 1140. The summed E-state index contributed by atoms with van der Waals surface area (Å²) in [4.78, 5) is 0. The summed E-state index contributed by atoms with van der Waals surface area (Å²) in [5, 5.41) is 0.731. The molecule has 1 heterocycles. The first kappa shape index (κ1) is 23.2. The molecule has 1 aliphatic rings. The molecule has 172 valence electrons. The molecule has 1 saturated carbocycles. The van der Waals surface area contributed by atoms with Gasteiger partial charge in [0.05, 0.1) is 5.56 Å². The summed E-state index contributed by atoms with van der Waals surface area (Å²) in [5.41, 5.74) is 0.634. The van der Waals surface area contributed by atoms with Gasteiger partial charge in [-0.2, -0.15) is 13.2 Å². The Labute approximate surface area is 190 Å². The molecule has 3 aromatic rings. The molecule has 0 spiro atoms. The van der Waals surface area contributed by atoms with Gasteiger partial charge in [0.25, 0.3) is 0 Å². The first-order valence-electron chi connectivity index (χ1n) is 10.8. The van der Waals surface area contributed by atoms with E-state index >= 15 is 4.39 Å². The largest absolute Gasteiger partial charge is 0.417 e. The third-order valence-corrected chi connectivity index (χ3v) is 6.94. The van der Waals surface area contributed by atoms with Gasteiger partial charge in [-0.25, -0.2) is 4.39 Å². The van der Waals surface area contributed by atoms with Gasteiger partial charge in [-0.15, -0.1) is 0 Å². The average molecular weight is 465 g/mol. The molecule has 1 N–H and O–H groups in total. The van der Waals surface area contributed by atoms with Crippen molar-refractivity contribution in [3.8, 4) is 11.1 Å². The Hall–Kier alpha value is -1.99. The second kappa shape index (κ2) is 8.10. The van der Waals surface area contributed by atoms with Crippen LogP contribution in [0.5, 0.6) is 0 Å². The van der Waals surface area contributed by atoms with Crippen molar-refractivity contribution >= 4 is 22.9 Å². The summed E-state index contributed by atoms with van der Waals surface area (Å²) in [6.07, 6.45) is -0.214. The van der Waals surface area contributed by atoms with Crippen LogP contribution < -0.4 is 4.72 Å². The summed E-state index contributed by atoms with van der Waals surface area (Å²) in [7, 11) is 0. The van der Waals surface area contributed by atoms with Crippen LogP contribution in [0.2, 0.25) is 0 Å². The van der Waals surface area contributed by atoms with Crippen molar-refractivity contribution in [3.05, 3.63) is 59.5 Å². The molecule has 1 aromatic heterocycles. The fraction of sp³-hybridized carbons (Fsp3) is 0.440. The van der Waals surface area contributed by atoms with Crippen molar-refractivity contribution in [2.45, 2.75) is 64.5 Å². The Balaban J connectivity index is 1.80. The van der Waals surface area contributed by atoms with E-state index in [1.807, 2.05) is 10.8 Å². The van der Waals surface area contributed by atoms with Gasteiger partial charge < -0.3 is 4.57 Å². The third-order valence-electron chi connectivity index (χ3n) is 5.76. The highest BCUT2D eigenvalue weighted by Crippen LogP contribution is 2.46. The molecule has 1 fully saturated rings. The molecule has 4 rings (SSSR count). The fourth-order valence-corrected chi connectivity index (χ4v) is 4.79. The molecule has 0 bridgehead atoms. The van der Waals surface area contributed by atoms with Gasteiger partial charge in [0, 0.05) is 40.5 Å². The highest BCUT2D eigenvalue weighted by atomic mass is 32.2. The molecular formula is C25H28F4N2S. The maximum Gasteiger partial charge on any atom is 0.417 e. The zero-order valence-corrected chi connectivity index (χ0v) is 19.6. The number of benzene rings is 2. The van der Waals surface area contributed by atoms with Gasteiger partial charge in [-0.1, -0.05) is 50.9 Å². The zero-order chi connectivity index (χ0) is 23.3. The van der Waals surface area contributed by atoms with E-state index in [1.54, 1.807) is 18.0 Å². The van der Waals surface area contributed by atoms with Crippen LogP contribution in [0, 0.1) is 11.2 Å². The lowest BCUT2D eigenvalue weighted by atomic mass is 9.96. The number of halogens is 4. The lowest BCUT2D eigenvalue weighted by Crippen LogP contribution is -2.15. The van der Waals surface area contributed by atoms with Gasteiger partial charge in [-0.05, 0) is 54.5 Å². The van der Waals surface area contributed by atoms with Crippen LogP contribution >= 0.6 is 11.9 Å². The Morgan fingerprint density at radius 1 is 1.06 bits per heavy atom. The van der Waals surface area contributed by atoms with Gasteiger partial charge in [0.2, 0.25) is 0 Å². The van der Waals surface area contributed by atoms with E-state index in [2.05, 4.69) is 32.4 Å². The van der Waals surface area contributed by atoms with Gasteiger partial charge in [0.15, 0.2) is 0 Å². The van der Waals surface area contributed by atoms with Crippen molar-refractivity contribution in [1.29, 1.82) is 0 Å². The fourth-order valence-electron chi connectivity index (χ4n) is 3.90. The molecule has 0 saturated heterocycles. The van der Waals surface area contributed by atoms with E-state index in [4.69, 9.17) is 0 Å². The van der Waals surface area contributed by atoms with Crippen LogP contribution in [0.3, 0.4) is 0 Å². The molecule has 1 aliphatic carbocycles. The first-order valence-corrected chi connectivity index (χ1v) is 11.6. The SMILES string of the molecule is CC(C)(C)Cn1cc(CNSC2(C)CC2)c2cc(F)c(-c3ccccc3C(F)(F)F)cc21. The first-order chi connectivity index (χ1) is 14.9. The van der Waals surface area contributed by atoms with Gasteiger partial charge in [0.1, 0.15) is 5.82 Å². The molecule has 0 aliphatic heterocycles. The third kappa shape index (κ3) is 4.99. The summed E-state index contributed by atoms with van der Waals surface area (Å²) >= 11 is 1.70. The number of nitrogens with zero attached hydrogens (tertiary/aromatic N) is 1. The number of hydrogen-bond donors (Lipinski definition) is 1. The minimum atomic E-state index is -4.56. The highest BCUT2D eigenvalue weighted by molar-refractivity contribution is 7.99. The summed E-state index contributed by atoms with van der Waals surface area (Å²) in [6, 6.07) is 8.12. The lowest BCUT2D eigenvalue weighted by molar-refractivity contribution is -0.137. The second-order valence-electron chi connectivity index (χ2n) is 10.1. The van der Waals surface area contributed by atoms with Gasteiger partial charge >= 0.3 is 6.18 Å². The zero-order valence-electron chi connectivity index (χ0n) is 18.7. The molecular weight excluding hydrogens is 436 g/mol. The van der Waals surface area contributed by atoms with Gasteiger partial charge in [-0.3, -0.25) is 4.72 Å². The molecule has 0 unspecified atom stereocenters. The maximum absolute atomic E-state index is 15.2. The smallest absolute Gasteiger partial charge is 0.347 e. The van der Waals surface area contributed by atoms with E-state index in [9.17, 15) is 13.2 Å². The standard InChI is InChI=1S/C25H28F4N2S/c1-23(2,3)15-31-14-16(13-30-32-24(4)9-10-24)18-11-21(26)19(12-22(18)31)17-7-5-6-8-20(17)25(27,28)29/h5-8,11-12,14,30H,9-10,13,15H2,1-4H3. The summed E-state index contributed by atoms with van der Waals surface area (Å²) in [5.74, 6) is -0.647. The predicted octanol–water partition coefficient (Wildman–Crippen LogP) is 7.80. The monoisotopic (exact) mass is 464 g/mol. The van der Waals surface area contributed by atoms with E-state index < -0.39 is 17.6 Å². The number of nitrogens with one attached hydrogen (secondary N) is 1. The number of rotatable bonds is 6. The van der Waals surface area contributed by atoms with Crippen LogP contribution in [0.1, 0.15) is 51.7 Å². The van der Waals surface area contributed by atoms with Crippen LogP contribution in [-0.4, -0.2) is 9.31 Å². The highest BCUT2D eigenvalue weighted by Gasteiger charge is 2.38. The van der Waals surface area contributed by atoms with Crippen LogP contribution in [0.4, 0.5) is 17.6 Å². The van der Waals surface area contributed by atoms with E-state index in [-0.39, 0.29) is 21.3 Å². The second-order valence-corrected chi connectivity index (χ2v) is 11.6. The topological polar surface area (TPSA) is 17.0 Å². The number of alkyl halides is 3. The van der Waals surface area contributed by atoms with Crippen molar-refractivity contribution < 1.29 is 17.6 Å². The minimum Gasteiger partial charge on any atom is -0.347 e. The van der Waals surface area contributed by atoms with Crippen molar-refractivity contribution in [2.24, 2.45) is 5.41 Å². The molecule has 0 radical (unpaired) electrons. The molecule has 2 aromatic carbocycles. The molecule has 32 heavy (non-hydrogen) atoms. The molecule has 2 nitrogen and oxygen atoms in total.